The molecule has 1 saturated carbocycles. The standard InChI is InChI=1S/C23H39N4O2P/c1-17(2)26-21-14-10-11-15-22(21)27(18(3)4)30(26)24-20(16-23(28)25(5)29-6)19-12-8-7-9-13-19/h7-9,12-13,17-18,20-22,24H,10-11,14-16H2,1-6H3/t20-,21-,22-/m1/s1. The number of hydroxylamine groups is 2. The van der Waals surface area contributed by atoms with Gasteiger partial charge in [-0.15, -0.1) is 0 Å². The Balaban J connectivity index is 1.92. The first-order valence-corrected chi connectivity index (χ1v) is 12.6. The third kappa shape index (κ3) is 5.05. The molecule has 1 aliphatic heterocycles. The average molecular weight is 435 g/mol. The largest absolute Gasteiger partial charge is 0.275 e. The predicted molar refractivity (Wildman–Crippen MR) is 124 cm³/mol. The normalized spacial score (nSPS) is 24.4. The number of carbonyl (C=O) groups excluding carboxylic acids is 1. The molecule has 1 saturated heterocycles. The minimum Gasteiger partial charge on any atom is -0.275 e. The van der Waals surface area contributed by atoms with Crippen LogP contribution in [0.3, 0.4) is 0 Å². The molecule has 1 N–H and O–H groups in total. The maximum absolute atomic E-state index is 12.8. The molecule has 30 heavy (non-hydrogen) atoms. The summed E-state index contributed by atoms with van der Waals surface area (Å²) in [5.74, 6) is -0.0161. The van der Waals surface area contributed by atoms with Crippen LogP contribution in [0.25, 0.3) is 0 Å². The van der Waals surface area contributed by atoms with Crippen LogP contribution in [-0.4, -0.2) is 58.6 Å². The number of nitrogens with zero attached hydrogens (tertiary/aromatic N) is 3. The first kappa shape index (κ1) is 23.6. The molecule has 6 nitrogen and oxygen atoms in total. The fraction of sp³-hybridized carbons (Fsp3) is 0.696. The minimum absolute atomic E-state index is 0.0161. The maximum Gasteiger partial charge on any atom is 0.247 e. The Kier molecular flexibility index (Phi) is 8.28. The summed E-state index contributed by atoms with van der Waals surface area (Å²) < 4.78 is 5.44. The van der Waals surface area contributed by atoms with Crippen molar-refractivity contribution in [2.75, 3.05) is 14.2 Å². The van der Waals surface area contributed by atoms with E-state index in [1.807, 2.05) is 6.07 Å². The van der Waals surface area contributed by atoms with Gasteiger partial charge in [0.1, 0.15) is 8.37 Å². The SMILES string of the molecule is CON(C)C(=O)C[C@@H](NP1N(C(C)C)[C@@H]2CCCC[C@H]2N1C(C)C)c1ccccc1. The number of amides is 1. The number of fused-ring (bicyclic) bond motifs is 1. The average Bonchev–Trinajstić information content (AvgIpc) is 3.07. The Hall–Kier alpha value is -1.04. The van der Waals surface area contributed by atoms with Crippen LogP contribution in [0.2, 0.25) is 0 Å². The Morgan fingerprint density at radius 2 is 1.63 bits per heavy atom. The van der Waals surface area contributed by atoms with Crippen LogP contribution in [-0.2, 0) is 9.63 Å². The Morgan fingerprint density at radius 1 is 1.10 bits per heavy atom. The van der Waals surface area contributed by atoms with E-state index in [0.29, 0.717) is 30.6 Å². The van der Waals surface area contributed by atoms with Crippen molar-refractivity contribution in [3.05, 3.63) is 35.9 Å². The van der Waals surface area contributed by atoms with E-state index in [1.165, 1.54) is 37.9 Å². The lowest BCUT2D eigenvalue weighted by atomic mass is 9.89. The maximum atomic E-state index is 12.8. The summed E-state index contributed by atoms with van der Waals surface area (Å²) in [4.78, 5) is 17.9. The van der Waals surface area contributed by atoms with E-state index in [4.69, 9.17) is 4.84 Å². The molecule has 168 valence electrons. The molecule has 7 heteroatoms. The van der Waals surface area contributed by atoms with Gasteiger partial charge in [-0.2, -0.15) is 0 Å². The van der Waals surface area contributed by atoms with E-state index in [1.54, 1.807) is 7.05 Å². The molecule has 0 bridgehead atoms. The predicted octanol–water partition coefficient (Wildman–Crippen LogP) is 4.70. The minimum atomic E-state index is -0.713. The summed E-state index contributed by atoms with van der Waals surface area (Å²) in [7, 11) is 2.51. The number of hydrogen-bond acceptors (Lipinski definition) is 5. The highest BCUT2D eigenvalue weighted by molar-refractivity contribution is 7.51. The zero-order valence-electron chi connectivity index (χ0n) is 19.4. The van der Waals surface area contributed by atoms with Gasteiger partial charge in [0, 0.05) is 43.7 Å². The number of hydrogen-bond donors (Lipinski definition) is 1. The molecular formula is C23H39N4O2P. The fourth-order valence-electron chi connectivity index (χ4n) is 4.91. The summed E-state index contributed by atoms with van der Waals surface area (Å²) in [6, 6.07) is 12.5. The van der Waals surface area contributed by atoms with E-state index in [9.17, 15) is 4.79 Å². The van der Waals surface area contributed by atoms with Crippen LogP contribution in [0.5, 0.6) is 0 Å². The van der Waals surface area contributed by atoms with Gasteiger partial charge in [0.05, 0.1) is 7.11 Å². The van der Waals surface area contributed by atoms with E-state index >= 15 is 0 Å². The lowest BCUT2D eigenvalue weighted by Gasteiger charge is -2.38. The van der Waals surface area contributed by atoms with Crippen LogP contribution < -0.4 is 5.09 Å². The lowest BCUT2D eigenvalue weighted by molar-refractivity contribution is -0.169. The molecule has 1 amide bonds. The van der Waals surface area contributed by atoms with Crippen molar-refractivity contribution in [1.82, 2.24) is 19.5 Å². The highest BCUT2D eigenvalue weighted by Gasteiger charge is 2.50. The summed E-state index contributed by atoms with van der Waals surface area (Å²) in [6.45, 7) is 9.25. The second kappa shape index (κ2) is 10.5. The molecule has 0 radical (unpaired) electrons. The van der Waals surface area contributed by atoms with Crippen molar-refractivity contribution < 1.29 is 9.63 Å². The van der Waals surface area contributed by atoms with Gasteiger partial charge in [0.25, 0.3) is 0 Å². The van der Waals surface area contributed by atoms with Gasteiger partial charge in [-0.1, -0.05) is 43.2 Å². The van der Waals surface area contributed by atoms with Crippen molar-refractivity contribution in [3.63, 3.8) is 0 Å². The Morgan fingerprint density at radius 3 is 2.10 bits per heavy atom. The van der Waals surface area contributed by atoms with Gasteiger partial charge >= 0.3 is 0 Å². The van der Waals surface area contributed by atoms with Gasteiger partial charge < -0.3 is 0 Å². The van der Waals surface area contributed by atoms with Crippen LogP contribution in [0.15, 0.2) is 30.3 Å². The van der Waals surface area contributed by atoms with Crippen LogP contribution in [0, 0.1) is 0 Å². The molecule has 1 aromatic rings. The van der Waals surface area contributed by atoms with Crippen LogP contribution in [0.1, 0.15) is 71.4 Å². The highest BCUT2D eigenvalue weighted by atomic mass is 31.1. The van der Waals surface area contributed by atoms with E-state index in [0.717, 1.165) is 5.56 Å². The monoisotopic (exact) mass is 434 g/mol. The van der Waals surface area contributed by atoms with Gasteiger partial charge in [0.2, 0.25) is 5.91 Å². The van der Waals surface area contributed by atoms with E-state index in [2.05, 4.69) is 66.4 Å². The molecule has 0 spiro atoms. The number of rotatable bonds is 8. The summed E-state index contributed by atoms with van der Waals surface area (Å²) in [5.41, 5.74) is 1.15. The lowest BCUT2D eigenvalue weighted by Crippen LogP contribution is -2.43. The third-order valence-electron chi connectivity index (χ3n) is 6.35. The second-order valence-corrected chi connectivity index (χ2v) is 10.8. The summed E-state index contributed by atoms with van der Waals surface area (Å²) >= 11 is 0. The molecule has 2 fully saturated rings. The molecule has 0 unspecified atom stereocenters. The molecule has 1 aromatic carbocycles. The third-order valence-corrected chi connectivity index (χ3v) is 9.28. The fourth-order valence-corrected chi connectivity index (χ4v) is 7.91. The number of nitrogens with one attached hydrogen (secondary N) is 1. The van der Waals surface area contributed by atoms with Crippen molar-refractivity contribution in [3.8, 4) is 0 Å². The first-order chi connectivity index (χ1) is 14.3. The summed E-state index contributed by atoms with van der Waals surface area (Å²) in [6.07, 6.45) is 5.56. The Bertz CT molecular complexity index is 663. The van der Waals surface area contributed by atoms with Crippen molar-refractivity contribution in [2.24, 2.45) is 0 Å². The van der Waals surface area contributed by atoms with Gasteiger partial charge in [-0.05, 0) is 46.1 Å². The smallest absolute Gasteiger partial charge is 0.247 e. The van der Waals surface area contributed by atoms with Crippen molar-refractivity contribution in [2.45, 2.75) is 90.0 Å². The molecule has 1 heterocycles. The topological polar surface area (TPSA) is 48.1 Å². The van der Waals surface area contributed by atoms with Crippen LogP contribution >= 0.6 is 8.37 Å². The van der Waals surface area contributed by atoms with E-state index in [-0.39, 0.29) is 11.9 Å². The van der Waals surface area contributed by atoms with Gasteiger partial charge in [0.15, 0.2) is 0 Å². The second-order valence-electron chi connectivity index (χ2n) is 9.03. The zero-order chi connectivity index (χ0) is 21.8. The molecular weight excluding hydrogens is 395 g/mol. The number of carbonyl (C=O) groups is 1. The molecule has 3 atom stereocenters. The zero-order valence-corrected chi connectivity index (χ0v) is 20.3. The number of benzene rings is 1. The van der Waals surface area contributed by atoms with Crippen molar-refractivity contribution in [1.29, 1.82) is 0 Å². The van der Waals surface area contributed by atoms with E-state index < -0.39 is 8.37 Å². The molecule has 3 rings (SSSR count). The first-order valence-electron chi connectivity index (χ1n) is 11.3. The van der Waals surface area contributed by atoms with Gasteiger partial charge in [-0.3, -0.25) is 24.1 Å². The Labute approximate surface area is 183 Å². The van der Waals surface area contributed by atoms with Crippen molar-refractivity contribution >= 4 is 14.3 Å². The molecule has 2 aliphatic rings. The molecule has 0 aromatic heterocycles. The summed E-state index contributed by atoms with van der Waals surface area (Å²) in [5, 5.41) is 5.31. The molecule has 1 aliphatic carbocycles. The van der Waals surface area contributed by atoms with Crippen LogP contribution in [0.4, 0.5) is 0 Å². The van der Waals surface area contributed by atoms with Gasteiger partial charge in [-0.25, -0.2) is 5.06 Å². The quantitative estimate of drug-likeness (QED) is 0.475. The highest BCUT2D eigenvalue weighted by Crippen LogP contribution is 2.58.